The summed E-state index contributed by atoms with van der Waals surface area (Å²) < 4.78 is 25.0. The van der Waals surface area contributed by atoms with Crippen LogP contribution in [0.15, 0.2) is 49.6 Å². The molecular weight excluding hydrogens is 637 g/mol. The van der Waals surface area contributed by atoms with E-state index in [2.05, 4.69) is 13.2 Å². The Labute approximate surface area is 270 Å². The lowest BCUT2D eigenvalue weighted by atomic mass is 10.1. The minimum absolute atomic E-state index is 0.193. The summed E-state index contributed by atoms with van der Waals surface area (Å²) in [6, 6.07) is 7.38. The zero-order chi connectivity index (χ0) is 29.5. The van der Waals surface area contributed by atoms with Crippen LogP contribution in [-0.2, 0) is 19.1 Å². The van der Waals surface area contributed by atoms with Crippen LogP contribution in [0.5, 0.6) is 11.5 Å². The SMILES string of the molecule is C=CC(=O)OC(C)C(Oc1cccc(OCC(C)(CSCCC2SCCS2)OC(=O)C=C)c1)SCCC1SCCS1. The van der Waals surface area contributed by atoms with Crippen molar-refractivity contribution in [1.82, 2.24) is 0 Å². The first-order valence-corrected chi connectivity index (χ1v) is 19.9. The number of esters is 2. The van der Waals surface area contributed by atoms with Crippen LogP contribution in [0, 0.1) is 0 Å². The summed E-state index contributed by atoms with van der Waals surface area (Å²) in [5, 5.41) is 0. The van der Waals surface area contributed by atoms with E-state index in [4.69, 9.17) is 18.9 Å². The summed E-state index contributed by atoms with van der Waals surface area (Å²) in [4.78, 5) is 24.0. The number of rotatable bonds is 19. The van der Waals surface area contributed by atoms with Crippen LogP contribution in [0.2, 0.25) is 0 Å². The largest absolute Gasteiger partial charge is 0.489 e. The van der Waals surface area contributed by atoms with Gasteiger partial charge in [0.05, 0.1) is 9.16 Å². The molecule has 12 heteroatoms. The van der Waals surface area contributed by atoms with Crippen molar-refractivity contribution in [3.8, 4) is 11.5 Å². The maximum absolute atomic E-state index is 12.1. The van der Waals surface area contributed by atoms with Crippen molar-refractivity contribution >= 4 is 82.5 Å². The number of carbonyl (C=O) groups excluding carboxylic acids is 2. The van der Waals surface area contributed by atoms with E-state index in [9.17, 15) is 9.59 Å². The smallest absolute Gasteiger partial charge is 0.330 e. The van der Waals surface area contributed by atoms with Crippen molar-refractivity contribution < 1.29 is 28.5 Å². The molecule has 0 aromatic heterocycles. The van der Waals surface area contributed by atoms with Gasteiger partial charge < -0.3 is 18.9 Å². The lowest BCUT2D eigenvalue weighted by molar-refractivity contribution is -0.152. The molecule has 0 bridgehead atoms. The first-order valence-electron chi connectivity index (χ1n) is 13.5. The molecule has 1 aromatic carbocycles. The summed E-state index contributed by atoms with van der Waals surface area (Å²) >= 11 is 11.5. The average Bonchev–Trinajstić information content (AvgIpc) is 3.69. The number of hydrogen-bond acceptors (Lipinski definition) is 12. The monoisotopic (exact) mass is 676 g/mol. The molecule has 0 spiro atoms. The number of benzene rings is 1. The predicted octanol–water partition coefficient (Wildman–Crippen LogP) is 7.23. The molecule has 3 unspecified atom stereocenters. The van der Waals surface area contributed by atoms with Gasteiger partial charge in [-0.3, -0.25) is 0 Å². The third-order valence-electron chi connectivity index (χ3n) is 5.89. The third kappa shape index (κ3) is 13.3. The van der Waals surface area contributed by atoms with Crippen LogP contribution in [0.25, 0.3) is 0 Å². The van der Waals surface area contributed by atoms with E-state index in [0.717, 1.165) is 24.3 Å². The molecular formula is C29H40O6S6. The van der Waals surface area contributed by atoms with E-state index < -0.39 is 29.1 Å². The van der Waals surface area contributed by atoms with Gasteiger partial charge in [0, 0.05) is 47.0 Å². The van der Waals surface area contributed by atoms with E-state index in [0.29, 0.717) is 26.4 Å². The molecule has 41 heavy (non-hydrogen) atoms. The molecule has 1 aromatic rings. The molecule has 0 radical (unpaired) electrons. The molecule has 0 aliphatic carbocycles. The van der Waals surface area contributed by atoms with E-state index in [1.54, 1.807) is 23.5 Å². The van der Waals surface area contributed by atoms with E-state index in [-0.39, 0.29) is 6.61 Å². The molecule has 0 amide bonds. The Kier molecular flexibility index (Phi) is 16.0. The normalized spacial score (nSPS) is 18.7. The fourth-order valence-electron chi connectivity index (χ4n) is 3.84. The third-order valence-corrected chi connectivity index (χ3v) is 14.8. The van der Waals surface area contributed by atoms with Gasteiger partial charge in [-0.25, -0.2) is 9.59 Å². The molecule has 3 atom stereocenters. The lowest BCUT2D eigenvalue weighted by Crippen LogP contribution is -2.40. The quantitative estimate of drug-likeness (QED) is 0.0642. The van der Waals surface area contributed by atoms with Gasteiger partial charge >= 0.3 is 11.9 Å². The van der Waals surface area contributed by atoms with Gasteiger partial charge in [0.25, 0.3) is 0 Å². The van der Waals surface area contributed by atoms with Gasteiger partial charge in [0.15, 0.2) is 11.0 Å². The van der Waals surface area contributed by atoms with Crippen molar-refractivity contribution in [2.45, 2.75) is 53.0 Å². The van der Waals surface area contributed by atoms with Gasteiger partial charge in [-0.2, -0.15) is 11.8 Å². The summed E-state index contributed by atoms with van der Waals surface area (Å²) in [5.74, 6) is 7.63. The standard InChI is InChI=1S/C29H40O6S6/c1-5-24(30)33-21(3)28(41-13-11-27-39-16-17-40-27)34-23-9-7-8-22(18-23)32-19-29(4,35-25(31)6-2)20-36-12-10-26-37-14-15-38-26/h5-9,18,21,26-28H,1-2,10-17,19-20H2,3-4H3. The van der Waals surface area contributed by atoms with Crippen molar-refractivity contribution in [3.05, 3.63) is 49.6 Å². The summed E-state index contributed by atoms with van der Waals surface area (Å²) in [5.41, 5.74) is -1.21. The van der Waals surface area contributed by atoms with Crippen molar-refractivity contribution in [2.24, 2.45) is 0 Å². The maximum Gasteiger partial charge on any atom is 0.330 e. The molecule has 0 saturated carbocycles. The topological polar surface area (TPSA) is 71.1 Å². The number of ether oxygens (including phenoxy) is 4. The second-order valence-electron chi connectivity index (χ2n) is 9.51. The van der Waals surface area contributed by atoms with E-state index in [1.807, 2.05) is 85.2 Å². The molecule has 2 aliphatic heterocycles. The maximum atomic E-state index is 12.1. The Bertz CT molecular complexity index is 984. The molecule has 3 rings (SSSR count). The number of carbonyl (C=O) groups is 2. The molecule has 2 heterocycles. The van der Waals surface area contributed by atoms with Crippen molar-refractivity contribution in [1.29, 1.82) is 0 Å². The van der Waals surface area contributed by atoms with Crippen LogP contribution in [0.3, 0.4) is 0 Å². The molecule has 6 nitrogen and oxygen atoms in total. The van der Waals surface area contributed by atoms with Gasteiger partial charge in [-0.1, -0.05) is 19.2 Å². The van der Waals surface area contributed by atoms with Crippen molar-refractivity contribution in [2.75, 3.05) is 46.9 Å². The zero-order valence-corrected chi connectivity index (χ0v) is 28.6. The second-order valence-corrected chi connectivity index (χ2v) is 17.7. The molecule has 228 valence electrons. The molecule has 2 saturated heterocycles. The second kappa shape index (κ2) is 18.9. The first kappa shape index (κ1) is 34.8. The zero-order valence-electron chi connectivity index (χ0n) is 23.7. The van der Waals surface area contributed by atoms with Gasteiger partial charge in [-0.05, 0) is 50.3 Å². The Morgan fingerprint density at radius 1 is 1.00 bits per heavy atom. The number of hydrogen-bond donors (Lipinski definition) is 0. The van der Waals surface area contributed by atoms with Crippen LogP contribution in [0.1, 0.15) is 26.7 Å². The van der Waals surface area contributed by atoms with E-state index in [1.165, 1.54) is 35.2 Å². The highest BCUT2D eigenvalue weighted by Crippen LogP contribution is 2.37. The Balaban J connectivity index is 1.58. The fraction of sp³-hybridized carbons (Fsp3) is 0.586. The minimum atomic E-state index is -0.815. The van der Waals surface area contributed by atoms with Gasteiger partial charge in [0.2, 0.25) is 0 Å². The van der Waals surface area contributed by atoms with Crippen LogP contribution < -0.4 is 9.47 Å². The van der Waals surface area contributed by atoms with Gasteiger partial charge in [-0.15, -0.1) is 58.8 Å². The van der Waals surface area contributed by atoms with Crippen LogP contribution in [-0.4, -0.2) is 85.1 Å². The predicted molar refractivity (Wildman–Crippen MR) is 183 cm³/mol. The Hall–Kier alpha value is -0.660. The summed E-state index contributed by atoms with van der Waals surface area (Å²) in [7, 11) is 0. The summed E-state index contributed by atoms with van der Waals surface area (Å²) in [6.07, 6.45) is 4.07. The van der Waals surface area contributed by atoms with Crippen molar-refractivity contribution in [3.63, 3.8) is 0 Å². The first-order chi connectivity index (χ1) is 19.8. The number of thioether (sulfide) groups is 6. The van der Waals surface area contributed by atoms with Crippen LogP contribution >= 0.6 is 70.6 Å². The highest BCUT2D eigenvalue weighted by Gasteiger charge is 2.30. The molecule has 0 N–H and O–H groups in total. The Morgan fingerprint density at radius 2 is 1.61 bits per heavy atom. The minimum Gasteiger partial charge on any atom is -0.489 e. The summed E-state index contributed by atoms with van der Waals surface area (Å²) in [6.45, 7) is 11.0. The fourth-order valence-corrected chi connectivity index (χ4v) is 12.3. The highest BCUT2D eigenvalue weighted by molar-refractivity contribution is 8.20. The average molecular weight is 677 g/mol. The van der Waals surface area contributed by atoms with E-state index >= 15 is 0 Å². The molecule has 2 fully saturated rings. The van der Waals surface area contributed by atoms with Gasteiger partial charge in [0.1, 0.15) is 24.2 Å². The lowest BCUT2D eigenvalue weighted by Gasteiger charge is -2.29. The van der Waals surface area contributed by atoms with Crippen LogP contribution in [0.4, 0.5) is 0 Å². The molecule has 2 aliphatic rings. The highest BCUT2D eigenvalue weighted by atomic mass is 32.2. The Morgan fingerprint density at radius 3 is 2.24 bits per heavy atom.